The van der Waals surface area contributed by atoms with E-state index in [-0.39, 0.29) is 5.91 Å². The first kappa shape index (κ1) is 11.8. The molecule has 0 aliphatic heterocycles. The smallest absolute Gasteiger partial charge is 0.267 e. The summed E-state index contributed by atoms with van der Waals surface area (Å²) in [6.07, 6.45) is 7.30. The second-order valence-electron chi connectivity index (χ2n) is 4.37. The summed E-state index contributed by atoms with van der Waals surface area (Å²) < 4.78 is 0. The van der Waals surface area contributed by atoms with Crippen molar-refractivity contribution in [2.45, 2.75) is 39.0 Å². The summed E-state index contributed by atoms with van der Waals surface area (Å²) in [5.41, 5.74) is 5.17. The lowest BCUT2D eigenvalue weighted by molar-refractivity contribution is 0.0954. The molecule has 0 radical (unpaired) electrons. The van der Waals surface area contributed by atoms with Crippen LogP contribution in [0, 0.1) is 6.92 Å². The third-order valence-corrected chi connectivity index (χ3v) is 2.91. The van der Waals surface area contributed by atoms with E-state index in [1.54, 1.807) is 18.3 Å². The lowest BCUT2D eigenvalue weighted by atomic mass is 9.99. The van der Waals surface area contributed by atoms with Crippen molar-refractivity contribution in [3.05, 3.63) is 29.6 Å². The van der Waals surface area contributed by atoms with Gasteiger partial charge in [-0.25, -0.2) is 5.43 Å². The number of pyridine rings is 1. The molecule has 2 rings (SSSR count). The lowest BCUT2D eigenvalue weighted by Gasteiger charge is -2.11. The van der Waals surface area contributed by atoms with E-state index in [4.69, 9.17) is 0 Å². The van der Waals surface area contributed by atoms with Gasteiger partial charge < -0.3 is 0 Å². The minimum atomic E-state index is -0.159. The molecule has 17 heavy (non-hydrogen) atoms. The van der Waals surface area contributed by atoms with Crippen LogP contribution in [0.5, 0.6) is 0 Å². The number of aromatic nitrogens is 1. The van der Waals surface area contributed by atoms with Crippen molar-refractivity contribution in [2.75, 3.05) is 0 Å². The van der Waals surface area contributed by atoms with Crippen molar-refractivity contribution in [1.82, 2.24) is 10.4 Å². The Morgan fingerprint density at radius 2 is 2.12 bits per heavy atom. The van der Waals surface area contributed by atoms with E-state index in [1.165, 1.54) is 19.3 Å². The fourth-order valence-electron chi connectivity index (χ4n) is 1.95. The van der Waals surface area contributed by atoms with Crippen molar-refractivity contribution < 1.29 is 4.79 Å². The highest BCUT2D eigenvalue weighted by Gasteiger charge is 2.08. The number of rotatable bonds is 2. The molecular weight excluding hydrogens is 214 g/mol. The maximum Gasteiger partial charge on any atom is 0.271 e. The molecular formula is C13H17N3O. The van der Waals surface area contributed by atoms with E-state index >= 15 is 0 Å². The van der Waals surface area contributed by atoms with Crippen LogP contribution in [0.3, 0.4) is 0 Å². The summed E-state index contributed by atoms with van der Waals surface area (Å²) >= 11 is 0. The molecule has 4 heteroatoms. The van der Waals surface area contributed by atoms with Gasteiger partial charge in [0.1, 0.15) is 0 Å². The number of carbonyl (C=O) groups is 1. The van der Waals surface area contributed by atoms with Gasteiger partial charge in [0.05, 0.1) is 0 Å². The third kappa shape index (κ3) is 3.37. The van der Waals surface area contributed by atoms with Gasteiger partial charge in [-0.05, 0) is 44.7 Å². The van der Waals surface area contributed by atoms with E-state index in [2.05, 4.69) is 15.5 Å². The first-order valence-electron chi connectivity index (χ1n) is 6.04. The normalized spacial score (nSPS) is 15.5. The predicted molar refractivity (Wildman–Crippen MR) is 67.0 cm³/mol. The molecule has 1 fully saturated rings. The molecule has 1 aromatic rings. The highest BCUT2D eigenvalue weighted by Crippen LogP contribution is 2.14. The van der Waals surface area contributed by atoms with E-state index < -0.39 is 0 Å². The van der Waals surface area contributed by atoms with Crippen LogP contribution in [-0.4, -0.2) is 16.6 Å². The van der Waals surface area contributed by atoms with Crippen molar-refractivity contribution in [1.29, 1.82) is 0 Å². The molecule has 0 aromatic carbocycles. The van der Waals surface area contributed by atoms with E-state index in [1.807, 2.05) is 6.92 Å². The largest absolute Gasteiger partial charge is 0.271 e. The fraction of sp³-hybridized carbons (Fsp3) is 0.462. The van der Waals surface area contributed by atoms with Gasteiger partial charge in [-0.15, -0.1) is 0 Å². The van der Waals surface area contributed by atoms with Crippen LogP contribution >= 0.6 is 0 Å². The summed E-state index contributed by atoms with van der Waals surface area (Å²) in [6, 6.07) is 3.46. The van der Waals surface area contributed by atoms with Crippen molar-refractivity contribution in [2.24, 2.45) is 5.10 Å². The Kier molecular flexibility index (Phi) is 3.85. The van der Waals surface area contributed by atoms with Crippen LogP contribution in [0.2, 0.25) is 0 Å². The van der Waals surface area contributed by atoms with Gasteiger partial charge in [0.2, 0.25) is 0 Å². The third-order valence-electron chi connectivity index (χ3n) is 2.91. The number of nitrogens with zero attached hydrogens (tertiary/aromatic N) is 2. The molecule has 0 atom stereocenters. The van der Waals surface area contributed by atoms with Crippen molar-refractivity contribution in [3.63, 3.8) is 0 Å². The molecule has 1 aromatic heterocycles. The molecule has 1 aliphatic rings. The number of hydrogen-bond donors (Lipinski definition) is 1. The highest BCUT2D eigenvalue weighted by atomic mass is 16.2. The van der Waals surface area contributed by atoms with Gasteiger partial charge >= 0.3 is 0 Å². The van der Waals surface area contributed by atoms with E-state index in [9.17, 15) is 4.79 Å². The first-order valence-corrected chi connectivity index (χ1v) is 6.04. The van der Waals surface area contributed by atoms with Crippen LogP contribution in [0.4, 0.5) is 0 Å². The lowest BCUT2D eigenvalue weighted by Crippen LogP contribution is -2.20. The molecule has 0 bridgehead atoms. The number of hydrogen-bond acceptors (Lipinski definition) is 3. The van der Waals surface area contributed by atoms with Gasteiger partial charge in [-0.3, -0.25) is 9.78 Å². The number of carbonyl (C=O) groups excluding carboxylic acids is 1. The Morgan fingerprint density at radius 1 is 1.35 bits per heavy atom. The van der Waals surface area contributed by atoms with Crippen LogP contribution in [0.15, 0.2) is 23.4 Å². The zero-order chi connectivity index (χ0) is 12.1. The number of hydrazone groups is 1. The maximum absolute atomic E-state index is 11.8. The monoisotopic (exact) mass is 231 g/mol. The standard InChI is InChI=1S/C13H17N3O/c1-10-9-11(7-8-14-10)13(17)16-15-12-5-3-2-4-6-12/h7-9H,2-6H2,1H3,(H,16,17). The Hall–Kier alpha value is -1.71. The molecule has 1 aliphatic carbocycles. The van der Waals surface area contributed by atoms with Gasteiger partial charge in [0, 0.05) is 23.2 Å². The van der Waals surface area contributed by atoms with E-state index in [0.29, 0.717) is 5.56 Å². The molecule has 0 saturated heterocycles. The molecule has 1 saturated carbocycles. The Bertz CT molecular complexity index is 432. The van der Waals surface area contributed by atoms with Gasteiger partial charge in [0.25, 0.3) is 5.91 Å². The Morgan fingerprint density at radius 3 is 2.82 bits per heavy atom. The van der Waals surface area contributed by atoms with Crippen molar-refractivity contribution in [3.8, 4) is 0 Å². The molecule has 1 N–H and O–H groups in total. The second-order valence-corrected chi connectivity index (χ2v) is 4.37. The molecule has 4 nitrogen and oxygen atoms in total. The summed E-state index contributed by atoms with van der Waals surface area (Å²) in [6.45, 7) is 1.86. The zero-order valence-electron chi connectivity index (χ0n) is 10.1. The fourth-order valence-corrected chi connectivity index (χ4v) is 1.95. The first-order chi connectivity index (χ1) is 8.25. The quantitative estimate of drug-likeness (QED) is 0.795. The number of nitrogens with one attached hydrogen (secondary N) is 1. The Balaban J connectivity index is 1.97. The van der Waals surface area contributed by atoms with E-state index in [0.717, 1.165) is 24.2 Å². The summed E-state index contributed by atoms with van der Waals surface area (Å²) in [5, 5.41) is 4.19. The molecule has 0 unspecified atom stereocenters. The van der Waals surface area contributed by atoms with Gasteiger partial charge in [-0.2, -0.15) is 5.10 Å². The van der Waals surface area contributed by atoms with Gasteiger partial charge in [-0.1, -0.05) is 6.42 Å². The summed E-state index contributed by atoms with van der Waals surface area (Å²) in [4.78, 5) is 15.8. The van der Waals surface area contributed by atoms with Crippen LogP contribution in [0.1, 0.15) is 48.2 Å². The molecule has 90 valence electrons. The van der Waals surface area contributed by atoms with Crippen LogP contribution < -0.4 is 5.43 Å². The average molecular weight is 231 g/mol. The van der Waals surface area contributed by atoms with Gasteiger partial charge in [0.15, 0.2) is 0 Å². The number of aryl methyl sites for hydroxylation is 1. The van der Waals surface area contributed by atoms with Crippen molar-refractivity contribution >= 4 is 11.6 Å². The molecule has 1 amide bonds. The average Bonchev–Trinajstić information content (AvgIpc) is 2.37. The topological polar surface area (TPSA) is 54.4 Å². The minimum Gasteiger partial charge on any atom is -0.267 e. The SMILES string of the molecule is Cc1cc(C(=O)NN=C2CCCCC2)ccn1. The predicted octanol–water partition coefficient (Wildman–Crippen LogP) is 2.44. The second kappa shape index (κ2) is 5.57. The maximum atomic E-state index is 11.8. The summed E-state index contributed by atoms with van der Waals surface area (Å²) in [7, 11) is 0. The van der Waals surface area contributed by atoms with Crippen LogP contribution in [0.25, 0.3) is 0 Å². The highest BCUT2D eigenvalue weighted by molar-refractivity contribution is 5.95. The molecule has 1 heterocycles. The minimum absolute atomic E-state index is 0.159. The summed E-state index contributed by atoms with van der Waals surface area (Å²) in [5.74, 6) is -0.159. The number of amides is 1. The Labute approximate surface area is 101 Å². The zero-order valence-corrected chi connectivity index (χ0v) is 10.1. The van der Waals surface area contributed by atoms with Crippen LogP contribution in [-0.2, 0) is 0 Å². The molecule has 0 spiro atoms.